The Morgan fingerprint density at radius 2 is 1.91 bits per heavy atom. The van der Waals surface area contributed by atoms with E-state index < -0.39 is 11.7 Å². The molecule has 2 aliphatic heterocycles. The number of hydrogen-bond acceptors (Lipinski definition) is 4. The molecule has 0 bridgehead atoms. The summed E-state index contributed by atoms with van der Waals surface area (Å²) in [7, 11) is 0. The molecular weight excluding hydrogens is 416 g/mol. The number of hydrogen-bond donors (Lipinski definition) is 1. The molecule has 1 saturated carbocycles. The zero-order valence-corrected chi connectivity index (χ0v) is 18.0. The number of carbonyl (C=O) groups excluding carboxylic acids is 1. The first-order chi connectivity index (χ1) is 15.3. The Morgan fingerprint density at radius 1 is 1.16 bits per heavy atom. The molecular formula is C25H27F2NO4. The van der Waals surface area contributed by atoms with Crippen molar-refractivity contribution in [2.24, 2.45) is 0 Å². The van der Waals surface area contributed by atoms with Crippen LogP contribution in [-0.2, 0) is 14.9 Å². The van der Waals surface area contributed by atoms with E-state index >= 15 is 0 Å². The Kier molecular flexibility index (Phi) is 5.95. The van der Waals surface area contributed by atoms with Gasteiger partial charge in [0.25, 0.3) is 0 Å². The third-order valence-corrected chi connectivity index (χ3v) is 6.09. The van der Waals surface area contributed by atoms with Crippen molar-refractivity contribution in [1.29, 1.82) is 0 Å². The van der Waals surface area contributed by atoms with Crippen molar-refractivity contribution in [3.05, 3.63) is 72.9 Å². The summed E-state index contributed by atoms with van der Waals surface area (Å²) in [6.07, 6.45) is 7.81. The highest BCUT2D eigenvalue weighted by Gasteiger charge is 2.53. The Labute approximate surface area is 186 Å². The smallest absolute Gasteiger partial charge is 0.395 e. The van der Waals surface area contributed by atoms with Crippen LogP contribution in [0.1, 0.15) is 38.2 Å². The van der Waals surface area contributed by atoms with Crippen molar-refractivity contribution in [2.75, 3.05) is 0 Å². The molecule has 32 heavy (non-hydrogen) atoms. The Balaban J connectivity index is 1.48. The molecule has 1 aliphatic carbocycles. The third-order valence-electron chi connectivity index (χ3n) is 6.09. The van der Waals surface area contributed by atoms with E-state index in [1.165, 1.54) is 12.1 Å². The predicted molar refractivity (Wildman–Crippen MR) is 117 cm³/mol. The molecule has 1 N–H and O–H groups in total. The maximum absolute atomic E-state index is 13.4. The van der Waals surface area contributed by atoms with Gasteiger partial charge in [0.1, 0.15) is 0 Å². The molecule has 7 heteroatoms. The van der Waals surface area contributed by atoms with Gasteiger partial charge < -0.3 is 19.5 Å². The van der Waals surface area contributed by atoms with Crippen molar-refractivity contribution >= 4 is 5.91 Å². The van der Waals surface area contributed by atoms with E-state index in [2.05, 4.69) is 27.9 Å². The van der Waals surface area contributed by atoms with E-state index in [4.69, 9.17) is 4.74 Å². The number of carbonyl (C=O) groups is 1. The molecule has 2 fully saturated rings. The lowest BCUT2D eigenvalue weighted by Crippen LogP contribution is -2.48. The molecule has 0 aromatic heterocycles. The minimum absolute atomic E-state index is 0.0230. The summed E-state index contributed by atoms with van der Waals surface area (Å²) in [5, 5.41) is 3.18. The molecule has 0 radical (unpaired) electrons. The van der Waals surface area contributed by atoms with Crippen molar-refractivity contribution in [3.8, 4) is 11.5 Å². The quantitative estimate of drug-likeness (QED) is 0.606. The van der Waals surface area contributed by atoms with Crippen LogP contribution < -0.4 is 14.8 Å². The number of halogens is 2. The summed E-state index contributed by atoms with van der Waals surface area (Å²) in [6, 6.07) is 4.52. The lowest BCUT2D eigenvalue weighted by molar-refractivity contribution is -0.286. The van der Waals surface area contributed by atoms with E-state index in [9.17, 15) is 13.6 Å². The first kappa shape index (κ1) is 22.3. The summed E-state index contributed by atoms with van der Waals surface area (Å²) in [5.74, 6) is -0.165. The molecule has 1 aromatic rings. The number of nitrogens with one attached hydrogen (secondary N) is 1. The molecule has 0 spiro atoms. The molecule has 5 nitrogen and oxygen atoms in total. The van der Waals surface area contributed by atoms with Gasteiger partial charge in [-0.2, -0.15) is 0 Å². The highest BCUT2D eigenvalue weighted by molar-refractivity contribution is 5.91. The van der Waals surface area contributed by atoms with Gasteiger partial charge in [-0.15, -0.1) is 8.78 Å². The Hall–Kier alpha value is -2.93. The van der Waals surface area contributed by atoms with Gasteiger partial charge >= 0.3 is 6.29 Å². The normalized spacial score (nSPS) is 27.7. The van der Waals surface area contributed by atoms with E-state index in [0.717, 1.165) is 5.57 Å². The van der Waals surface area contributed by atoms with Gasteiger partial charge in [-0.25, -0.2) is 0 Å². The van der Waals surface area contributed by atoms with Gasteiger partial charge in [0.2, 0.25) is 5.91 Å². The van der Waals surface area contributed by atoms with E-state index in [1.807, 2.05) is 25.2 Å². The van der Waals surface area contributed by atoms with E-state index in [0.29, 0.717) is 31.2 Å². The molecule has 4 rings (SSSR count). The number of allylic oxidation sites excluding steroid dienone is 4. The van der Waals surface area contributed by atoms with Gasteiger partial charge in [0.05, 0.1) is 17.6 Å². The lowest BCUT2D eigenvalue weighted by atomic mass is 9.91. The fourth-order valence-corrected chi connectivity index (χ4v) is 4.41. The van der Waals surface area contributed by atoms with Crippen molar-refractivity contribution < 1.29 is 27.8 Å². The number of benzene rings is 1. The van der Waals surface area contributed by atoms with Gasteiger partial charge in [-0.1, -0.05) is 49.6 Å². The number of rotatable bonds is 7. The molecule has 3 atom stereocenters. The maximum Gasteiger partial charge on any atom is 0.586 e. The number of ether oxygens (including phenoxy) is 3. The van der Waals surface area contributed by atoms with Crippen molar-refractivity contribution in [2.45, 2.75) is 62.6 Å². The highest BCUT2D eigenvalue weighted by Crippen LogP contribution is 2.52. The van der Waals surface area contributed by atoms with E-state index in [1.54, 1.807) is 18.2 Å². The van der Waals surface area contributed by atoms with Crippen LogP contribution in [0.2, 0.25) is 0 Å². The molecule has 3 aliphatic rings. The largest absolute Gasteiger partial charge is 0.586 e. The lowest BCUT2D eigenvalue weighted by Gasteiger charge is -2.35. The van der Waals surface area contributed by atoms with Crippen LogP contribution in [-0.4, -0.2) is 30.5 Å². The van der Waals surface area contributed by atoms with Gasteiger partial charge in [0, 0.05) is 6.04 Å². The van der Waals surface area contributed by atoms with Gasteiger partial charge in [-0.05, 0) is 55.9 Å². The van der Waals surface area contributed by atoms with Crippen LogP contribution >= 0.6 is 0 Å². The minimum atomic E-state index is -3.68. The Morgan fingerprint density at radius 3 is 2.59 bits per heavy atom. The molecule has 170 valence electrons. The minimum Gasteiger partial charge on any atom is -0.395 e. The summed E-state index contributed by atoms with van der Waals surface area (Å²) in [4.78, 5) is 13.3. The SMILES string of the molecule is C=C/C=C\C(=C/C=C)[C@@H]1C[C@H](NC(=O)C2(c3ccc4c(c3)OC(F)(F)O4)CC2)C[C@H](C)O1. The fourth-order valence-electron chi connectivity index (χ4n) is 4.41. The number of fused-ring (bicyclic) bond motifs is 1. The molecule has 1 aromatic carbocycles. The average Bonchev–Trinajstić information content (AvgIpc) is 3.48. The second kappa shape index (κ2) is 8.54. The Bertz CT molecular complexity index is 980. The van der Waals surface area contributed by atoms with Crippen LogP contribution in [0.3, 0.4) is 0 Å². The number of alkyl halides is 2. The topological polar surface area (TPSA) is 56.8 Å². The third kappa shape index (κ3) is 4.48. The van der Waals surface area contributed by atoms with Crippen LogP contribution in [0.25, 0.3) is 0 Å². The molecule has 0 unspecified atom stereocenters. The zero-order chi connectivity index (χ0) is 22.9. The highest BCUT2D eigenvalue weighted by atomic mass is 19.3. The standard InChI is InChI=1S/C25H27F2NO4/c1-4-6-8-17(7-5-2)21-15-19(13-16(3)30-21)28-23(29)24(11-12-24)18-9-10-20-22(14-18)32-25(26,27)31-20/h4-10,14,16,19,21H,1-2,11-13,15H2,3H3,(H,28,29)/b8-6-,17-7+/t16-,19+,21-/m0/s1. The fraction of sp³-hybridized carbons (Fsp3) is 0.400. The van der Waals surface area contributed by atoms with Crippen LogP contribution in [0.4, 0.5) is 8.78 Å². The first-order valence-electron chi connectivity index (χ1n) is 10.7. The summed E-state index contributed by atoms with van der Waals surface area (Å²) in [6.45, 7) is 9.46. The first-order valence-corrected chi connectivity index (χ1v) is 10.7. The molecule has 1 amide bonds. The van der Waals surface area contributed by atoms with Crippen LogP contribution in [0, 0.1) is 0 Å². The van der Waals surface area contributed by atoms with Crippen molar-refractivity contribution in [3.63, 3.8) is 0 Å². The summed E-state index contributed by atoms with van der Waals surface area (Å²) in [5.41, 5.74) is 0.895. The van der Waals surface area contributed by atoms with Gasteiger partial charge in [-0.3, -0.25) is 4.79 Å². The second-order valence-electron chi connectivity index (χ2n) is 8.49. The summed E-state index contributed by atoms with van der Waals surface area (Å²) >= 11 is 0. The van der Waals surface area contributed by atoms with Crippen LogP contribution in [0.5, 0.6) is 11.5 Å². The summed E-state index contributed by atoms with van der Waals surface area (Å²) < 4.78 is 41.9. The van der Waals surface area contributed by atoms with Gasteiger partial charge in [0.15, 0.2) is 11.5 Å². The average molecular weight is 443 g/mol. The van der Waals surface area contributed by atoms with E-state index in [-0.39, 0.29) is 35.7 Å². The zero-order valence-electron chi connectivity index (χ0n) is 18.0. The second-order valence-corrected chi connectivity index (χ2v) is 8.49. The monoisotopic (exact) mass is 443 g/mol. The predicted octanol–water partition coefficient (Wildman–Crippen LogP) is 4.95. The molecule has 2 heterocycles. The maximum atomic E-state index is 13.4. The van der Waals surface area contributed by atoms with Crippen molar-refractivity contribution in [1.82, 2.24) is 5.32 Å². The molecule has 1 saturated heterocycles. The van der Waals surface area contributed by atoms with Crippen LogP contribution in [0.15, 0.2) is 67.3 Å². The number of amides is 1.